The van der Waals surface area contributed by atoms with Gasteiger partial charge in [-0.1, -0.05) is 45.0 Å². The summed E-state index contributed by atoms with van der Waals surface area (Å²) in [6.45, 7) is 7.34. The number of aliphatic hydroxyl groups excluding tert-OH is 1. The third-order valence-electron chi connectivity index (χ3n) is 4.61. The molecule has 1 fully saturated rings. The molecule has 0 aliphatic heterocycles. The van der Waals surface area contributed by atoms with Gasteiger partial charge in [0.1, 0.15) is 0 Å². The minimum atomic E-state index is -0.526. The zero-order chi connectivity index (χ0) is 17.1. The molecule has 2 N–H and O–H groups in total. The van der Waals surface area contributed by atoms with Gasteiger partial charge in [-0.2, -0.15) is 0 Å². The average Bonchev–Trinajstić information content (AvgIpc) is 3.28. The normalized spacial score (nSPS) is 17.6. The van der Waals surface area contributed by atoms with Crippen LogP contribution in [0.25, 0.3) is 0 Å². The van der Waals surface area contributed by atoms with Crippen LogP contribution in [0.2, 0.25) is 0 Å². The molecule has 1 unspecified atom stereocenters. The van der Waals surface area contributed by atoms with Crippen molar-refractivity contribution in [3.63, 3.8) is 0 Å². The number of aliphatic hydroxyl groups is 1. The molecule has 1 amide bonds. The Morgan fingerprint density at radius 2 is 1.91 bits per heavy atom. The van der Waals surface area contributed by atoms with E-state index in [1.807, 2.05) is 0 Å². The Labute approximate surface area is 139 Å². The van der Waals surface area contributed by atoms with Crippen LogP contribution in [0, 0.1) is 0 Å². The first-order valence-corrected chi connectivity index (χ1v) is 8.36. The molecule has 0 heterocycles. The van der Waals surface area contributed by atoms with Gasteiger partial charge in [-0.05, 0) is 35.8 Å². The van der Waals surface area contributed by atoms with Crippen LogP contribution in [0.3, 0.4) is 0 Å². The first-order chi connectivity index (χ1) is 10.8. The van der Waals surface area contributed by atoms with Gasteiger partial charge in [0, 0.05) is 13.7 Å². The number of hydrogen-bond acceptors (Lipinski definition) is 3. The van der Waals surface area contributed by atoms with Crippen molar-refractivity contribution in [2.45, 2.75) is 57.0 Å². The summed E-state index contributed by atoms with van der Waals surface area (Å²) in [5, 5.41) is 12.6. The fraction of sp³-hybridized carbons (Fsp3) is 0.632. The monoisotopic (exact) mass is 319 g/mol. The zero-order valence-electron chi connectivity index (χ0n) is 14.7. The smallest absolute Gasteiger partial charge is 0.230 e. The van der Waals surface area contributed by atoms with Gasteiger partial charge in [-0.25, -0.2) is 0 Å². The maximum absolute atomic E-state index is 12.5. The molecule has 1 atom stereocenters. The second-order valence-corrected chi connectivity index (χ2v) is 7.56. The minimum absolute atomic E-state index is 0.0747. The third kappa shape index (κ3) is 4.33. The maximum atomic E-state index is 12.5. The fourth-order valence-corrected chi connectivity index (χ4v) is 2.86. The number of ether oxygens (including phenoxy) is 1. The van der Waals surface area contributed by atoms with Gasteiger partial charge >= 0.3 is 0 Å². The molecule has 0 aromatic heterocycles. The Morgan fingerprint density at radius 3 is 2.39 bits per heavy atom. The van der Waals surface area contributed by atoms with Crippen molar-refractivity contribution in [3.05, 3.63) is 35.4 Å². The molecule has 128 valence electrons. The van der Waals surface area contributed by atoms with E-state index in [1.54, 1.807) is 7.11 Å². The maximum Gasteiger partial charge on any atom is 0.230 e. The summed E-state index contributed by atoms with van der Waals surface area (Å²) in [7, 11) is 1.56. The third-order valence-corrected chi connectivity index (χ3v) is 4.61. The van der Waals surface area contributed by atoms with Crippen LogP contribution in [0.15, 0.2) is 24.3 Å². The molecule has 1 aliphatic rings. The summed E-state index contributed by atoms with van der Waals surface area (Å²) in [5.74, 6) is 0.0747. The number of methoxy groups -OCH3 is 1. The molecular weight excluding hydrogens is 290 g/mol. The highest BCUT2D eigenvalue weighted by Crippen LogP contribution is 2.48. The standard InChI is InChI=1S/C19H29NO3/c1-18(2,3)14-5-7-15(8-6-14)19(10-11-19)17(22)20-12-9-16(21)13-23-4/h5-8,16,21H,9-13H2,1-4H3,(H,20,22). The molecular formula is C19H29NO3. The molecule has 1 aromatic carbocycles. The highest BCUT2D eigenvalue weighted by molar-refractivity contribution is 5.91. The lowest BCUT2D eigenvalue weighted by Gasteiger charge is -2.21. The molecule has 0 saturated heterocycles. The SMILES string of the molecule is COCC(O)CCNC(=O)C1(c2ccc(C(C)(C)C)cc2)CC1. The van der Waals surface area contributed by atoms with Crippen molar-refractivity contribution in [1.29, 1.82) is 0 Å². The number of carbonyl (C=O) groups excluding carboxylic acids is 1. The van der Waals surface area contributed by atoms with Gasteiger partial charge in [0.05, 0.1) is 18.1 Å². The van der Waals surface area contributed by atoms with Gasteiger partial charge in [0.15, 0.2) is 0 Å². The van der Waals surface area contributed by atoms with Crippen LogP contribution in [0.5, 0.6) is 0 Å². The summed E-state index contributed by atoms with van der Waals surface area (Å²) in [5.41, 5.74) is 2.14. The van der Waals surface area contributed by atoms with Crippen molar-refractivity contribution >= 4 is 5.91 Å². The lowest BCUT2D eigenvalue weighted by atomic mass is 9.85. The van der Waals surface area contributed by atoms with Crippen molar-refractivity contribution in [1.82, 2.24) is 5.32 Å². The van der Waals surface area contributed by atoms with E-state index < -0.39 is 6.10 Å². The van der Waals surface area contributed by atoms with E-state index in [-0.39, 0.29) is 16.7 Å². The van der Waals surface area contributed by atoms with Crippen molar-refractivity contribution in [2.75, 3.05) is 20.3 Å². The van der Waals surface area contributed by atoms with Gasteiger partial charge < -0.3 is 15.2 Å². The van der Waals surface area contributed by atoms with Gasteiger partial charge in [-0.15, -0.1) is 0 Å². The van der Waals surface area contributed by atoms with Gasteiger partial charge in [0.2, 0.25) is 5.91 Å². The molecule has 0 radical (unpaired) electrons. The number of benzene rings is 1. The highest BCUT2D eigenvalue weighted by Gasteiger charge is 2.51. The van der Waals surface area contributed by atoms with E-state index in [0.717, 1.165) is 18.4 Å². The number of nitrogens with one attached hydrogen (secondary N) is 1. The van der Waals surface area contributed by atoms with Gasteiger partial charge in [-0.3, -0.25) is 4.79 Å². The van der Waals surface area contributed by atoms with Crippen LogP contribution < -0.4 is 5.32 Å². The van der Waals surface area contributed by atoms with Crippen molar-refractivity contribution in [2.24, 2.45) is 0 Å². The summed E-state index contributed by atoms with van der Waals surface area (Å²) >= 11 is 0. The fourth-order valence-electron chi connectivity index (χ4n) is 2.86. The first kappa shape index (κ1) is 18.0. The first-order valence-electron chi connectivity index (χ1n) is 8.36. The number of carbonyl (C=O) groups is 1. The Balaban J connectivity index is 1.95. The second-order valence-electron chi connectivity index (χ2n) is 7.56. The molecule has 1 aliphatic carbocycles. The van der Waals surface area contributed by atoms with E-state index in [2.05, 4.69) is 50.4 Å². The van der Waals surface area contributed by atoms with Crippen molar-refractivity contribution < 1.29 is 14.6 Å². The summed E-state index contributed by atoms with van der Waals surface area (Å²) in [6.07, 6.45) is 1.78. The molecule has 1 saturated carbocycles. The van der Waals surface area contributed by atoms with E-state index in [4.69, 9.17) is 4.74 Å². The molecule has 0 spiro atoms. The van der Waals surface area contributed by atoms with E-state index in [9.17, 15) is 9.90 Å². The van der Waals surface area contributed by atoms with Crippen LogP contribution in [-0.2, 0) is 20.4 Å². The van der Waals surface area contributed by atoms with Gasteiger partial charge in [0.25, 0.3) is 0 Å². The highest BCUT2D eigenvalue weighted by atomic mass is 16.5. The largest absolute Gasteiger partial charge is 0.391 e. The Bertz CT molecular complexity index is 527. The predicted molar refractivity (Wildman–Crippen MR) is 91.6 cm³/mol. The number of rotatable bonds is 7. The molecule has 4 heteroatoms. The molecule has 23 heavy (non-hydrogen) atoms. The quantitative estimate of drug-likeness (QED) is 0.812. The van der Waals surface area contributed by atoms with Crippen molar-refractivity contribution in [3.8, 4) is 0 Å². The molecule has 2 rings (SSSR count). The van der Waals surface area contributed by atoms with Crippen LogP contribution >= 0.6 is 0 Å². The lowest BCUT2D eigenvalue weighted by molar-refractivity contribution is -0.123. The number of amides is 1. The Morgan fingerprint density at radius 1 is 1.30 bits per heavy atom. The van der Waals surface area contributed by atoms with E-state index in [1.165, 1.54) is 5.56 Å². The molecule has 0 bridgehead atoms. The summed E-state index contributed by atoms with van der Waals surface area (Å²) in [6, 6.07) is 8.44. The zero-order valence-corrected chi connectivity index (χ0v) is 14.7. The Hall–Kier alpha value is -1.39. The minimum Gasteiger partial charge on any atom is -0.391 e. The average molecular weight is 319 g/mol. The molecule has 1 aromatic rings. The summed E-state index contributed by atoms with van der Waals surface area (Å²) in [4.78, 5) is 12.5. The Kier molecular flexibility index (Phi) is 5.48. The van der Waals surface area contributed by atoms with E-state index in [0.29, 0.717) is 19.6 Å². The predicted octanol–water partition coefficient (Wildman–Crippen LogP) is 2.53. The topological polar surface area (TPSA) is 58.6 Å². The molecule has 4 nitrogen and oxygen atoms in total. The summed E-state index contributed by atoms with van der Waals surface area (Å²) < 4.78 is 4.89. The lowest BCUT2D eigenvalue weighted by Crippen LogP contribution is -2.36. The van der Waals surface area contributed by atoms with Crippen LogP contribution in [0.4, 0.5) is 0 Å². The number of hydrogen-bond donors (Lipinski definition) is 2. The van der Waals surface area contributed by atoms with Crippen LogP contribution in [0.1, 0.15) is 51.2 Å². The van der Waals surface area contributed by atoms with Crippen LogP contribution in [-0.4, -0.2) is 37.4 Å². The van der Waals surface area contributed by atoms with E-state index >= 15 is 0 Å². The second kappa shape index (κ2) is 7.02.